The van der Waals surface area contributed by atoms with Crippen molar-refractivity contribution in [1.82, 2.24) is 14.7 Å². The Bertz CT molecular complexity index is 628. The van der Waals surface area contributed by atoms with E-state index >= 15 is 0 Å². The predicted molar refractivity (Wildman–Crippen MR) is 73.9 cm³/mol. The summed E-state index contributed by atoms with van der Waals surface area (Å²) in [4.78, 5) is 14.0. The van der Waals surface area contributed by atoms with Crippen LogP contribution in [0.15, 0.2) is 11.1 Å². The first-order valence-corrected chi connectivity index (χ1v) is 8.31. The van der Waals surface area contributed by atoms with Crippen molar-refractivity contribution in [3.63, 3.8) is 0 Å². The number of nitrogens with one attached hydrogen (secondary N) is 1. The van der Waals surface area contributed by atoms with Crippen LogP contribution in [-0.2, 0) is 27.6 Å². The summed E-state index contributed by atoms with van der Waals surface area (Å²) in [5, 5.41) is 4.13. The smallest absolute Gasteiger partial charge is 0.410 e. The summed E-state index contributed by atoms with van der Waals surface area (Å²) >= 11 is 0. The summed E-state index contributed by atoms with van der Waals surface area (Å²) < 4.78 is 26.6. The lowest BCUT2D eigenvalue weighted by Gasteiger charge is -2.30. The normalized spacial score (nSPS) is 18.3. The van der Waals surface area contributed by atoms with Crippen LogP contribution in [0.3, 0.4) is 0 Å². The van der Waals surface area contributed by atoms with Crippen LogP contribution in [-0.4, -0.2) is 43.4 Å². The molecule has 1 N–H and O–H groups in total. The Hall–Kier alpha value is -1.57. The number of carbonyl (C=O) groups excluding carboxylic acids is 1. The molecule has 1 aromatic heterocycles. The van der Waals surface area contributed by atoms with Crippen LogP contribution >= 0.6 is 0 Å². The Labute approximate surface area is 118 Å². The average Bonchev–Trinajstić information content (AvgIpc) is 2.68. The van der Waals surface area contributed by atoms with E-state index in [0.29, 0.717) is 23.7 Å². The van der Waals surface area contributed by atoms with Gasteiger partial charge in [-0.25, -0.2) is 13.8 Å². The topological polar surface area (TPSA) is 88.3 Å². The van der Waals surface area contributed by atoms with E-state index in [1.807, 2.05) is 20.8 Å². The summed E-state index contributed by atoms with van der Waals surface area (Å²) in [6.45, 7) is 6.72. The summed E-state index contributed by atoms with van der Waals surface area (Å²) in [6.07, 6.45) is 2.42. The monoisotopic (exact) mass is 300 g/mol. The molecule has 0 saturated carbocycles. The Morgan fingerprint density at radius 1 is 1.45 bits per heavy atom. The van der Waals surface area contributed by atoms with Crippen LogP contribution in [0.25, 0.3) is 0 Å². The molecule has 7 nitrogen and oxygen atoms in total. The van der Waals surface area contributed by atoms with Gasteiger partial charge in [0.15, 0.2) is 0 Å². The molecule has 1 aliphatic rings. The lowest BCUT2D eigenvalue weighted by atomic mass is 10.2. The third kappa shape index (κ3) is 3.12. The molecule has 0 spiro atoms. The van der Waals surface area contributed by atoms with Gasteiger partial charge in [0.25, 0.3) is 0 Å². The quantitative estimate of drug-likeness (QED) is 0.854. The van der Waals surface area contributed by atoms with Crippen molar-refractivity contribution >= 4 is 15.8 Å². The molecule has 1 aliphatic heterocycles. The zero-order chi connectivity index (χ0) is 15.1. The molecule has 20 heavy (non-hydrogen) atoms. The van der Waals surface area contributed by atoms with Crippen molar-refractivity contribution in [3.05, 3.63) is 11.9 Å². The van der Waals surface area contributed by atoms with E-state index in [0.717, 1.165) is 0 Å². The number of fused-ring (bicyclic) bond motifs is 1. The molecule has 0 bridgehead atoms. The fourth-order valence-electron chi connectivity index (χ4n) is 2.03. The Morgan fingerprint density at radius 3 is 2.65 bits per heavy atom. The van der Waals surface area contributed by atoms with Crippen LogP contribution in [0, 0.1) is 4.78 Å². The number of amides is 1. The van der Waals surface area contributed by atoms with E-state index in [9.17, 15) is 9.00 Å². The van der Waals surface area contributed by atoms with E-state index in [2.05, 4.69) is 5.10 Å². The van der Waals surface area contributed by atoms with Gasteiger partial charge in [-0.05, 0) is 20.8 Å². The summed E-state index contributed by atoms with van der Waals surface area (Å²) in [5.41, 5.74) is 0.107. The van der Waals surface area contributed by atoms with Gasteiger partial charge in [-0.2, -0.15) is 5.10 Å². The standard InChI is InChI=1S/C12H20N4O3S/c1-12(2,3)19-11(17)15-5-6-16-9(8-15)10(7-14-16)20(4,13)18/h7,13H,5-6,8H2,1-4H3. The molecule has 1 unspecified atom stereocenters. The Kier molecular flexibility index (Phi) is 3.53. The number of hydrogen-bond donors (Lipinski definition) is 1. The zero-order valence-electron chi connectivity index (χ0n) is 12.2. The molecule has 1 atom stereocenters. The summed E-state index contributed by atoms with van der Waals surface area (Å²) in [5.74, 6) is 0. The molecular weight excluding hydrogens is 280 g/mol. The molecule has 2 rings (SSSR count). The summed E-state index contributed by atoms with van der Waals surface area (Å²) in [6, 6.07) is 0. The largest absolute Gasteiger partial charge is 0.444 e. The molecule has 2 heterocycles. The third-order valence-corrected chi connectivity index (χ3v) is 4.08. The van der Waals surface area contributed by atoms with Crippen molar-refractivity contribution in [1.29, 1.82) is 4.78 Å². The minimum Gasteiger partial charge on any atom is -0.444 e. The molecule has 8 heteroatoms. The minimum atomic E-state index is -2.85. The van der Waals surface area contributed by atoms with Gasteiger partial charge in [0.1, 0.15) is 5.60 Å². The van der Waals surface area contributed by atoms with Gasteiger partial charge in [-0.1, -0.05) is 0 Å². The summed E-state index contributed by atoms with van der Waals surface area (Å²) in [7, 11) is -2.85. The molecule has 0 radical (unpaired) electrons. The van der Waals surface area contributed by atoms with Gasteiger partial charge >= 0.3 is 6.09 Å². The lowest BCUT2D eigenvalue weighted by molar-refractivity contribution is 0.0192. The van der Waals surface area contributed by atoms with Gasteiger partial charge in [-0.15, -0.1) is 0 Å². The van der Waals surface area contributed by atoms with Crippen molar-refractivity contribution in [2.24, 2.45) is 0 Å². The number of carbonyl (C=O) groups is 1. The van der Waals surface area contributed by atoms with E-state index in [4.69, 9.17) is 9.52 Å². The predicted octanol–water partition coefficient (Wildman–Crippen LogP) is 1.67. The second-order valence-electron chi connectivity index (χ2n) is 5.92. The Balaban J connectivity index is 2.22. The Morgan fingerprint density at radius 2 is 2.10 bits per heavy atom. The zero-order valence-corrected chi connectivity index (χ0v) is 13.0. The van der Waals surface area contributed by atoms with Gasteiger partial charge in [-0.3, -0.25) is 4.68 Å². The highest BCUT2D eigenvalue weighted by Crippen LogP contribution is 2.22. The highest BCUT2D eigenvalue weighted by atomic mass is 32.2. The maximum Gasteiger partial charge on any atom is 0.410 e. The van der Waals surface area contributed by atoms with E-state index < -0.39 is 21.4 Å². The maximum atomic E-state index is 12.1. The highest BCUT2D eigenvalue weighted by Gasteiger charge is 2.29. The van der Waals surface area contributed by atoms with Gasteiger partial charge in [0.05, 0.1) is 39.6 Å². The fourth-order valence-corrected chi connectivity index (χ4v) is 2.90. The van der Waals surface area contributed by atoms with Gasteiger partial charge < -0.3 is 9.64 Å². The first-order valence-electron chi connectivity index (χ1n) is 6.34. The van der Waals surface area contributed by atoms with E-state index in [-0.39, 0.29) is 6.54 Å². The minimum absolute atomic E-state index is 0.272. The molecule has 112 valence electrons. The molecule has 0 fully saturated rings. The molecule has 1 amide bonds. The molecule has 0 aliphatic carbocycles. The molecule has 0 aromatic carbocycles. The SMILES string of the molecule is CC(C)(C)OC(=O)N1CCn2ncc(S(C)(=N)=O)c2C1. The average molecular weight is 300 g/mol. The molecular formula is C12H20N4O3S. The second-order valence-corrected chi connectivity index (χ2v) is 8.05. The van der Waals surface area contributed by atoms with Crippen molar-refractivity contribution in [3.8, 4) is 0 Å². The van der Waals surface area contributed by atoms with Crippen LogP contribution in [0.2, 0.25) is 0 Å². The van der Waals surface area contributed by atoms with Gasteiger partial charge in [0, 0.05) is 12.8 Å². The lowest BCUT2D eigenvalue weighted by Crippen LogP contribution is -2.41. The van der Waals surface area contributed by atoms with E-state index in [1.165, 1.54) is 12.5 Å². The molecule has 0 saturated heterocycles. The second kappa shape index (κ2) is 4.76. The number of rotatable bonds is 1. The van der Waals surface area contributed by atoms with Gasteiger partial charge in [0.2, 0.25) is 0 Å². The van der Waals surface area contributed by atoms with Crippen molar-refractivity contribution < 1.29 is 13.7 Å². The highest BCUT2D eigenvalue weighted by molar-refractivity contribution is 7.91. The van der Waals surface area contributed by atoms with Crippen molar-refractivity contribution in [2.75, 3.05) is 12.8 Å². The number of aromatic nitrogens is 2. The number of hydrogen-bond acceptors (Lipinski definition) is 5. The maximum absolute atomic E-state index is 12.1. The third-order valence-electron chi connectivity index (χ3n) is 2.90. The number of ether oxygens (including phenoxy) is 1. The van der Waals surface area contributed by atoms with Crippen LogP contribution in [0.4, 0.5) is 4.79 Å². The fraction of sp³-hybridized carbons (Fsp3) is 0.667. The van der Waals surface area contributed by atoms with E-state index in [1.54, 1.807) is 9.58 Å². The first-order chi connectivity index (χ1) is 9.08. The van der Waals surface area contributed by atoms with Crippen LogP contribution in [0.1, 0.15) is 26.5 Å². The van der Waals surface area contributed by atoms with Crippen molar-refractivity contribution in [2.45, 2.75) is 44.4 Å². The first kappa shape index (κ1) is 14.8. The van der Waals surface area contributed by atoms with Crippen LogP contribution < -0.4 is 0 Å². The number of nitrogens with zero attached hydrogens (tertiary/aromatic N) is 3. The molecule has 1 aromatic rings. The van der Waals surface area contributed by atoms with Crippen LogP contribution in [0.5, 0.6) is 0 Å².